The summed E-state index contributed by atoms with van der Waals surface area (Å²) in [5.74, 6) is -1.26. The Labute approximate surface area is 130 Å². The van der Waals surface area contributed by atoms with E-state index in [9.17, 15) is 19.3 Å². The molecule has 2 rings (SSSR count). The van der Waals surface area contributed by atoms with Crippen LogP contribution in [0, 0.1) is 15.9 Å². The molecular formula is C14H16BrFN2O3. The molecule has 21 heavy (non-hydrogen) atoms. The SMILES string of the molecule is O=C(NC1(CBr)CCCCC1)c1ccc(F)cc1[N+](=O)[O-]. The molecule has 0 atom stereocenters. The standard InChI is InChI=1S/C14H16BrFN2O3/c15-9-14(6-2-1-3-7-14)17-13(19)11-5-4-10(16)8-12(11)18(20)21/h4-5,8H,1-3,6-7,9H2,(H,17,19). The molecule has 1 N–H and O–H groups in total. The predicted octanol–water partition coefficient (Wildman–Crippen LogP) is 3.56. The summed E-state index contributed by atoms with van der Waals surface area (Å²) in [4.78, 5) is 22.6. The van der Waals surface area contributed by atoms with Gasteiger partial charge in [-0.2, -0.15) is 0 Å². The van der Waals surface area contributed by atoms with Crippen molar-refractivity contribution in [2.24, 2.45) is 0 Å². The maximum absolute atomic E-state index is 13.1. The molecule has 1 aromatic rings. The van der Waals surface area contributed by atoms with Crippen LogP contribution in [-0.2, 0) is 0 Å². The summed E-state index contributed by atoms with van der Waals surface area (Å²) in [6, 6.07) is 2.99. The van der Waals surface area contributed by atoms with E-state index in [0.717, 1.165) is 50.3 Å². The molecule has 7 heteroatoms. The first-order valence-corrected chi connectivity index (χ1v) is 7.92. The number of carbonyl (C=O) groups excluding carboxylic acids is 1. The number of hydrogen-bond donors (Lipinski definition) is 1. The van der Waals surface area contributed by atoms with Crippen LogP contribution in [0.4, 0.5) is 10.1 Å². The Kier molecular flexibility index (Phi) is 4.92. The Bertz CT molecular complexity index is 559. The van der Waals surface area contributed by atoms with Gasteiger partial charge in [0.25, 0.3) is 11.6 Å². The second-order valence-electron chi connectivity index (χ2n) is 5.35. The van der Waals surface area contributed by atoms with Crippen LogP contribution in [0.3, 0.4) is 0 Å². The molecule has 5 nitrogen and oxygen atoms in total. The fraction of sp³-hybridized carbons (Fsp3) is 0.500. The molecule has 1 aliphatic carbocycles. The van der Waals surface area contributed by atoms with E-state index in [-0.39, 0.29) is 11.1 Å². The molecule has 0 saturated heterocycles. The molecular weight excluding hydrogens is 343 g/mol. The van der Waals surface area contributed by atoms with Crippen LogP contribution in [-0.4, -0.2) is 21.7 Å². The zero-order valence-electron chi connectivity index (χ0n) is 11.4. The third-order valence-electron chi connectivity index (χ3n) is 3.85. The molecule has 0 radical (unpaired) electrons. The van der Waals surface area contributed by atoms with Crippen molar-refractivity contribution in [1.82, 2.24) is 5.32 Å². The first-order valence-electron chi connectivity index (χ1n) is 6.80. The summed E-state index contributed by atoms with van der Waals surface area (Å²) < 4.78 is 13.1. The first-order chi connectivity index (χ1) is 9.97. The molecule has 1 aliphatic rings. The summed E-state index contributed by atoms with van der Waals surface area (Å²) >= 11 is 3.42. The summed E-state index contributed by atoms with van der Waals surface area (Å²) in [6.45, 7) is 0. The van der Waals surface area contributed by atoms with Gasteiger partial charge in [-0.05, 0) is 25.0 Å². The monoisotopic (exact) mass is 358 g/mol. The average molecular weight is 359 g/mol. The van der Waals surface area contributed by atoms with Crippen LogP contribution in [0.5, 0.6) is 0 Å². The molecule has 0 aliphatic heterocycles. The number of hydrogen-bond acceptors (Lipinski definition) is 3. The van der Waals surface area contributed by atoms with Crippen LogP contribution >= 0.6 is 15.9 Å². The lowest BCUT2D eigenvalue weighted by atomic mass is 9.83. The minimum absolute atomic E-state index is 0.104. The fourth-order valence-corrected chi connectivity index (χ4v) is 3.38. The van der Waals surface area contributed by atoms with E-state index < -0.39 is 22.3 Å². The molecule has 1 aromatic carbocycles. The molecule has 1 saturated carbocycles. The van der Waals surface area contributed by atoms with Crippen LogP contribution in [0.2, 0.25) is 0 Å². The highest BCUT2D eigenvalue weighted by molar-refractivity contribution is 9.09. The van der Waals surface area contributed by atoms with Gasteiger partial charge in [0.05, 0.1) is 16.5 Å². The quantitative estimate of drug-likeness (QED) is 0.508. The number of benzene rings is 1. The van der Waals surface area contributed by atoms with Crippen molar-refractivity contribution in [3.63, 3.8) is 0 Å². The van der Waals surface area contributed by atoms with Crippen molar-refractivity contribution in [1.29, 1.82) is 0 Å². The maximum atomic E-state index is 13.1. The molecule has 1 fully saturated rings. The van der Waals surface area contributed by atoms with E-state index in [1.165, 1.54) is 0 Å². The molecule has 114 valence electrons. The number of rotatable bonds is 4. The van der Waals surface area contributed by atoms with Crippen LogP contribution in [0.1, 0.15) is 42.5 Å². The Morgan fingerprint density at radius 3 is 2.62 bits per heavy atom. The van der Waals surface area contributed by atoms with Crippen molar-refractivity contribution < 1.29 is 14.1 Å². The van der Waals surface area contributed by atoms with E-state index in [1.54, 1.807) is 0 Å². The second kappa shape index (κ2) is 6.51. The topological polar surface area (TPSA) is 72.2 Å². The van der Waals surface area contributed by atoms with Gasteiger partial charge in [-0.15, -0.1) is 0 Å². The first kappa shape index (κ1) is 15.9. The molecule has 0 unspecified atom stereocenters. The van der Waals surface area contributed by atoms with E-state index in [2.05, 4.69) is 21.2 Å². The summed E-state index contributed by atoms with van der Waals surface area (Å²) in [5.41, 5.74) is -0.988. The Morgan fingerprint density at radius 1 is 1.38 bits per heavy atom. The van der Waals surface area contributed by atoms with Crippen LogP contribution in [0.15, 0.2) is 18.2 Å². The number of alkyl halides is 1. The van der Waals surface area contributed by atoms with E-state index >= 15 is 0 Å². The van der Waals surface area contributed by atoms with Gasteiger partial charge in [0.2, 0.25) is 0 Å². The third kappa shape index (κ3) is 3.58. The minimum atomic E-state index is -0.736. The van der Waals surface area contributed by atoms with Gasteiger partial charge in [0, 0.05) is 5.33 Å². The molecule has 0 aromatic heterocycles. The number of nitrogens with zero attached hydrogens (tertiary/aromatic N) is 1. The normalized spacial score (nSPS) is 17.2. The van der Waals surface area contributed by atoms with Crippen molar-refractivity contribution in [3.8, 4) is 0 Å². The van der Waals surface area contributed by atoms with Gasteiger partial charge in [-0.3, -0.25) is 14.9 Å². The number of nitro groups is 1. The summed E-state index contributed by atoms with van der Waals surface area (Å²) in [5, 5.41) is 14.5. The van der Waals surface area contributed by atoms with Crippen molar-refractivity contribution in [2.75, 3.05) is 5.33 Å². The van der Waals surface area contributed by atoms with E-state index in [0.29, 0.717) is 5.33 Å². The molecule has 1 amide bonds. The van der Waals surface area contributed by atoms with Gasteiger partial charge < -0.3 is 5.32 Å². The number of nitro benzene ring substituents is 1. The van der Waals surface area contributed by atoms with Crippen molar-refractivity contribution in [2.45, 2.75) is 37.6 Å². The smallest absolute Gasteiger partial charge is 0.285 e. The van der Waals surface area contributed by atoms with Gasteiger partial charge in [-0.25, -0.2) is 4.39 Å². The Balaban J connectivity index is 2.25. The Hall–Kier alpha value is -1.50. The molecule has 0 heterocycles. The van der Waals surface area contributed by atoms with Gasteiger partial charge in [0.15, 0.2) is 0 Å². The van der Waals surface area contributed by atoms with Crippen LogP contribution < -0.4 is 5.32 Å². The van der Waals surface area contributed by atoms with Crippen molar-refractivity contribution in [3.05, 3.63) is 39.7 Å². The van der Waals surface area contributed by atoms with E-state index in [1.807, 2.05) is 0 Å². The zero-order valence-corrected chi connectivity index (χ0v) is 13.0. The number of nitrogens with one attached hydrogen (secondary N) is 1. The average Bonchev–Trinajstić information content (AvgIpc) is 2.47. The highest BCUT2D eigenvalue weighted by atomic mass is 79.9. The predicted molar refractivity (Wildman–Crippen MR) is 80.1 cm³/mol. The van der Waals surface area contributed by atoms with Gasteiger partial charge in [0.1, 0.15) is 11.4 Å². The highest BCUT2D eigenvalue weighted by Gasteiger charge is 2.34. The van der Waals surface area contributed by atoms with Crippen LogP contribution in [0.25, 0.3) is 0 Å². The van der Waals surface area contributed by atoms with Crippen molar-refractivity contribution >= 4 is 27.5 Å². The zero-order chi connectivity index (χ0) is 15.5. The van der Waals surface area contributed by atoms with Gasteiger partial charge in [-0.1, -0.05) is 35.2 Å². The molecule has 0 bridgehead atoms. The minimum Gasteiger partial charge on any atom is -0.346 e. The van der Waals surface area contributed by atoms with Gasteiger partial charge >= 0.3 is 0 Å². The number of halogens is 2. The number of amides is 1. The molecule has 0 spiro atoms. The highest BCUT2D eigenvalue weighted by Crippen LogP contribution is 2.31. The lowest BCUT2D eigenvalue weighted by Crippen LogP contribution is -2.51. The third-order valence-corrected chi connectivity index (χ3v) is 4.92. The lowest BCUT2D eigenvalue weighted by Gasteiger charge is -2.36. The number of carbonyl (C=O) groups is 1. The largest absolute Gasteiger partial charge is 0.346 e. The summed E-state index contributed by atoms with van der Waals surface area (Å²) in [6.07, 6.45) is 4.81. The second-order valence-corrected chi connectivity index (χ2v) is 5.91. The lowest BCUT2D eigenvalue weighted by molar-refractivity contribution is -0.385. The Morgan fingerprint density at radius 2 is 2.05 bits per heavy atom. The summed E-state index contributed by atoms with van der Waals surface area (Å²) in [7, 11) is 0. The fourth-order valence-electron chi connectivity index (χ4n) is 2.68. The maximum Gasteiger partial charge on any atom is 0.285 e. The van der Waals surface area contributed by atoms with E-state index in [4.69, 9.17) is 0 Å².